The van der Waals surface area contributed by atoms with Crippen molar-refractivity contribution in [3.63, 3.8) is 0 Å². The Morgan fingerprint density at radius 3 is 1.09 bits per heavy atom. The van der Waals surface area contributed by atoms with Crippen molar-refractivity contribution in [2.75, 3.05) is 9.80 Å². The lowest BCUT2D eigenvalue weighted by molar-refractivity contribution is 0.655. The minimum atomic E-state index is 0.413. The fourth-order valence-corrected chi connectivity index (χ4v) is 11.9. The van der Waals surface area contributed by atoms with E-state index in [1.165, 1.54) is 43.7 Å². The van der Waals surface area contributed by atoms with Crippen LogP contribution in [0.5, 0.6) is 0 Å². The normalized spacial score (nSPS) is 12.1. The number of benzene rings is 10. The largest absolute Gasteiger partial charge is 0.454 e. The first-order valence-electron chi connectivity index (χ1n) is 27.0. The van der Waals surface area contributed by atoms with Crippen molar-refractivity contribution in [3.05, 3.63) is 248 Å². The van der Waals surface area contributed by atoms with Crippen LogP contribution in [0.2, 0.25) is 0 Å². The maximum Gasteiger partial charge on any atom is 0.157 e. The Kier molecular flexibility index (Phi) is 10.4. The lowest BCUT2D eigenvalue weighted by Crippen LogP contribution is -2.10. The van der Waals surface area contributed by atoms with Gasteiger partial charge in [0.2, 0.25) is 0 Å². The number of hydrogen-bond acceptors (Lipinski definition) is 5. The van der Waals surface area contributed by atoms with Crippen molar-refractivity contribution in [3.8, 4) is 11.4 Å². The van der Waals surface area contributed by atoms with Crippen molar-refractivity contribution in [1.82, 2.24) is 14.1 Å². The summed E-state index contributed by atoms with van der Waals surface area (Å²) in [4.78, 5) is 10.0. The fraction of sp³-hybridized carbons (Fsp3) is 0.0845. The molecule has 0 atom stereocenters. The smallest absolute Gasteiger partial charge is 0.157 e. The molecule has 0 bridgehead atoms. The second-order valence-electron chi connectivity index (χ2n) is 21.2. The van der Waals surface area contributed by atoms with E-state index in [0.29, 0.717) is 23.0 Å². The highest BCUT2D eigenvalue weighted by molar-refractivity contribution is 6.14. The first-order chi connectivity index (χ1) is 38.3. The van der Waals surface area contributed by atoms with Crippen LogP contribution in [0.3, 0.4) is 0 Å². The van der Waals surface area contributed by atoms with Crippen LogP contribution in [0.4, 0.5) is 34.1 Å². The van der Waals surface area contributed by atoms with E-state index in [1.54, 1.807) is 0 Å². The molecule has 0 saturated heterocycles. The Bertz CT molecular complexity index is 4490. The Morgan fingerprint density at radius 2 is 0.667 bits per heavy atom. The van der Waals surface area contributed by atoms with Crippen LogP contribution in [0.15, 0.2) is 245 Å². The molecule has 0 fully saturated rings. The summed E-state index contributed by atoms with van der Waals surface area (Å²) in [6.07, 6.45) is 0. The van der Waals surface area contributed by atoms with E-state index in [-0.39, 0.29) is 0 Å². The van der Waals surface area contributed by atoms with Gasteiger partial charge in [-0.3, -0.25) is 0 Å². The number of nitrogens with zero attached hydrogens (tertiary/aromatic N) is 5. The van der Waals surface area contributed by atoms with Crippen molar-refractivity contribution in [1.29, 1.82) is 0 Å². The molecule has 0 radical (unpaired) electrons. The third-order valence-corrected chi connectivity index (χ3v) is 15.8. The number of fused-ring (bicyclic) bond motifs is 12. The van der Waals surface area contributed by atoms with Gasteiger partial charge in [0, 0.05) is 96.0 Å². The Hall–Kier alpha value is -9.85. The second-order valence-corrected chi connectivity index (χ2v) is 21.2. The number of hydrogen-bond donors (Lipinski definition) is 0. The van der Waals surface area contributed by atoms with Crippen molar-refractivity contribution < 1.29 is 8.83 Å². The summed E-state index contributed by atoms with van der Waals surface area (Å²) in [6.45, 7) is 8.94. The second kappa shape index (κ2) is 17.9. The summed E-state index contributed by atoms with van der Waals surface area (Å²) >= 11 is 0. The molecule has 0 spiro atoms. The molecule has 0 aliphatic carbocycles. The van der Waals surface area contributed by atoms with E-state index >= 15 is 0 Å². The van der Waals surface area contributed by atoms with Crippen LogP contribution in [0, 0.1) is 0 Å². The van der Waals surface area contributed by atoms with Crippen molar-refractivity contribution >= 4 is 122 Å². The highest BCUT2D eigenvalue weighted by Crippen LogP contribution is 2.45. The zero-order valence-electron chi connectivity index (χ0n) is 43.7. The van der Waals surface area contributed by atoms with Gasteiger partial charge in [0.25, 0.3) is 0 Å². The molecule has 10 aromatic carbocycles. The molecule has 15 aromatic rings. The molecule has 0 unspecified atom stereocenters. The van der Waals surface area contributed by atoms with Crippen LogP contribution in [0.25, 0.3) is 99.1 Å². The number of pyridine rings is 1. The van der Waals surface area contributed by atoms with E-state index in [0.717, 1.165) is 89.5 Å². The molecule has 78 heavy (non-hydrogen) atoms. The molecule has 0 saturated carbocycles. The molecule has 0 aliphatic heterocycles. The molecule has 0 amide bonds. The Morgan fingerprint density at radius 1 is 0.308 bits per heavy atom. The van der Waals surface area contributed by atoms with Gasteiger partial charge in [-0.05, 0) is 144 Å². The van der Waals surface area contributed by atoms with E-state index in [9.17, 15) is 0 Å². The number of aromatic nitrogens is 3. The summed E-state index contributed by atoms with van der Waals surface area (Å²) in [5.74, 6) is 0.826. The highest BCUT2D eigenvalue weighted by atomic mass is 16.3. The molecular weight excluding hydrogens is 955 g/mol. The maximum absolute atomic E-state index is 6.79. The van der Waals surface area contributed by atoms with Crippen LogP contribution in [-0.4, -0.2) is 14.1 Å². The SMILES string of the molecule is CC(C)c1ccc(N(c2ccc3c(c2)oc2cc4oc5cc(N(c6ccc(C(C)C)cc6)c6ccc7c(c6)c6ccccc6n7-c6ccccc6)ccc5c4nc23)c2ccc3c(c2)c2ccccc2n3-c2ccccc2)cc1. The molecule has 0 N–H and O–H groups in total. The van der Waals surface area contributed by atoms with Crippen molar-refractivity contribution in [2.24, 2.45) is 0 Å². The molecule has 7 heteroatoms. The van der Waals surface area contributed by atoms with Gasteiger partial charge in [-0.25, -0.2) is 4.98 Å². The van der Waals surface area contributed by atoms with Gasteiger partial charge in [-0.1, -0.05) is 125 Å². The first-order valence-corrected chi connectivity index (χ1v) is 27.0. The number of para-hydroxylation sites is 4. The predicted molar refractivity (Wildman–Crippen MR) is 325 cm³/mol. The molecule has 15 rings (SSSR count). The highest BCUT2D eigenvalue weighted by Gasteiger charge is 2.23. The van der Waals surface area contributed by atoms with Gasteiger partial charge in [0.15, 0.2) is 11.2 Å². The molecular formula is C71H53N5O2. The summed E-state index contributed by atoms with van der Waals surface area (Å²) in [5, 5.41) is 6.66. The van der Waals surface area contributed by atoms with E-state index in [4.69, 9.17) is 13.8 Å². The summed E-state index contributed by atoms with van der Waals surface area (Å²) in [6, 6.07) is 85.1. The van der Waals surface area contributed by atoms with Gasteiger partial charge < -0.3 is 27.8 Å². The average molecular weight is 1010 g/mol. The zero-order chi connectivity index (χ0) is 52.2. The first kappa shape index (κ1) is 45.5. The lowest BCUT2D eigenvalue weighted by Gasteiger charge is -2.26. The average Bonchev–Trinajstić information content (AvgIpc) is 4.38. The number of rotatable bonds is 10. The molecule has 0 aliphatic rings. The molecule has 5 aromatic heterocycles. The quantitative estimate of drug-likeness (QED) is 0.137. The topological polar surface area (TPSA) is 55.5 Å². The zero-order valence-corrected chi connectivity index (χ0v) is 43.7. The monoisotopic (exact) mass is 1010 g/mol. The molecule has 7 nitrogen and oxygen atoms in total. The Labute approximate surface area is 451 Å². The summed E-state index contributed by atoms with van der Waals surface area (Å²) < 4.78 is 18.3. The van der Waals surface area contributed by atoms with Crippen LogP contribution in [0.1, 0.15) is 50.7 Å². The fourth-order valence-electron chi connectivity index (χ4n) is 11.9. The van der Waals surface area contributed by atoms with Crippen LogP contribution in [-0.2, 0) is 0 Å². The van der Waals surface area contributed by atoms with Crippen LogP contribution >= 0.6 is 0 Å². The van der Waals surface area contributed by atoms with Gasteiger partial charge in [-0.15, -0.1) is 0 Å². The van der Waals surface area contributed by atoms with Crippen LogP contribution < -0.4 is 9.80 Å². The van der Waals surface area contributed by atoms with E-state index < -0.39 is 0 Å². The Balaban J connectivity index is 0.837. The van der Waals surface area contributed by atoms with Gasteiger partial charge in [0.1, 0.15) is 22.2 Å². The third-order valence-electron chi connectivity index (χ3n) is 15.8. The molecule has 5 heterocycles. The van der Waals surface area contributed by atoms with Gasteiger partial charge >= 0.3 is 0 Å². The third kappa shape index (κ3) is 7.30. The van der Waals surface area contributed by atoms with Gasteiger partial charge in [-0.2, -0.15) is 0 Å². The number of furan rings is 2. The summed E-state index contributed by atoms with van der Waals surface area (Å²) in [7, 11) is 0. The van der Waals surface area contributed by atoms with E-state index in [2.05, 4.69) is 277 Å². The lowest BCUT2D eigenvalue weighted by atomic mass is 10.0. The standard InChI is InChI=1S/C71H53N5O2/c1-44(2)46-23-27-50(28-24-46)73(52-33-37-64-60(39-52)56-19-11-13-21-62(56)75(64)48-15-7-5-8-16-48)54-31-35-58-66(41-54)77-68-43-69-71(72-70(58)68)59-36-32-55(42-67(59)78-69)74(51-29-25-47(26-30-51)45(3)4)53-34-38-65-61(40-53)57-20-12-14-22-63(57)76(65)49-17-9-6-10-18-49/h5-45H,1-4H3. The maximum atomic E-state index is 6.79. The van der Waals surface area contributed by atoms with Crippen molar-refractivity contribution in [2.45, 2.75) is 39.5 Å². The van der Waals surface area contributed by atoms with Gasteiger partial charge in [0.05, 0.1) is 22.1 Å². The minimum Gasteiger partial charge on any atom is -0.454 e. The molecule has 374 valence electrons. The van der Waals surface area contributed by atoms with E-state index in [1.807, 2.05) is 6.07 Å². The predicted octanol–water partition coefficient (Wildman–Crippen LogP) is 20.3. The number of anilines is 6. The minimum absolute atomic E-state index is 0.413. The summed E-state index contributed by atoms with van der Waals surface area (Å²) in [5.41, 5.74) is 20.1.